The maximum atomic E-state index is 4.77. The van der Waals surface area contributed by atoms with Crippen molar-refractivity contribution < 1.29 is 20.1 Å². The molecular weight excluding hydrogens is 857 g/mol. The first-order valence-electron chi connectivity index (χ1n) is 18.9. The van der Waals surface area contributed by atoms with Gasteiger partial charge in [0.25, 0.3) is 0 Å². The molecule has 1 saturated carbocycles. The molecule has 2 nitrogen and oxygen atoms in total. The minimum absolute atomic E-state index is 0. The Bertz CT molecular complexity index is 2280. The first-order valence-corrected chi connectivity index (χ1v) is 23.2. The van der Waals surface area contributed by atoms with Crippen molar-refractivity contribution in [2.75, 3.05) is 0 Å². The van der Waals surface area contributed by atoms with Crippen molar-refractivity contribution in [3.63, 3.8) is 0 Å². The normalized spacial score (nSPS) is 13.7. The van der Waals surface area contributed by atoms with Crippen LogP contribution < -0.4 is 5.19 Å². The zero-order chi connectivity index (χ0) is 36.3. The molecule has 0 saturated heterocycles. The van der Waals surface area contributed by atoms with E-state index in [1.165, 1.54) is 79.7 Å². The van der Waals surface area contributed by atoms with Crippen molar-refractivity contribution in [2.24, 2.45) is 5.41 Å². The predicted octanol–water partition coefficient (Wildman–Crippen LogP) is 13.3. The van der Waals surface area contributed by atoms with Crippen LogP contribution in [0.1, 0.15) is 69.9 Å². The van der Waals surface area contributed by atoms with E-state index < -0.39 is 8.07 Å². The van der Waals surface area contributed by atoms with E-state index in [9.17, 15) is 0 Å². The van der Waals surface area contributed by atoms with Crippen LogP contribution in [0, 0.1) is 17.5 Å². The Labute approximate surface area is 335 Å². The molecule has 0 N–H and O–H groups in total. The molecule has 0 atom stereocenters. The number of fused-ring (bicyclic) bond motifs is 3. The van der Waals surface area contributed by atoms with Crippen LogP contribution in [0.4, 0.5) is 0 Å². The van der Waals surface area contributed by atoms with E-state index in [0.29, 0.717) is 5.92 Å². The van der Waals surface area contributed by atoms with Gasteiger partial charge in [-0.2, -0.15) is 11.3 Å². The Hall–Kier alpha value is -3.73. The first-order chi connectivity index (χ1) is 25.0. The van der Waals surface area contributed by atoms with E-state index in [4.69, 9.17) is 9.97 Å². The van der Waals surface area contributed by atoms with Gasteiger partial charge in [0.1, 0.15) is 0 Å². The smallest absolute Gasteiger partial charge is 0.0798 e. The molecule has 1 aliphatic rings. The molecule has 0 amide bonds. The van der Waals surface area contributed by atoms with Crippen LogP contribution in [-0.2, 0) is 26.5 Å². The third-order valence-corrected chi connectivity index (χ3v) is 13.4. The predicted molar refractivity (Wildman–Crippen MR) is 227 cm³/mol. The Kier molecular flexibility index (Phi) is 12.3. The van der Waals surface area contributed by atoms with E-state index in [-0.39, 0.29) is 25.5 Å². The summed E-state index contributed by atoms with van der Waals surface area (Å²) in [7, 11) is -1.37. The SMILES string of the molecule is CC(C)(C)Cc1cc(-c2[c-]cccc2)ncc1[Si](C)(C)C.[Ir].[c-]1ccc2c(sc3cc(-c4ccccc4)ccc32)c1-c1cc(C2CCCCC2)ccn1. The Morgan fingerprint density at radius 1 is 0.736 bits per heavy atom. The molecular formula is C48H50IrN2SSi-2. The Morgan fingerprint density at radius 2 is 1.51 bits per heavy atom. The van der Waals surface area contributed by atoms with Crippen molar-refractivity contribution in [2.45, 2.75) is 84.9 Å². The largest absolute Gasteiger partial charge is 0.305 e. The summed E-state index contributed by atoms with van der Waals surface area (Å²) < 4.78 is 2.61. The summed E-state index contributed by atoms with van der Waals surface area (Å²) in [6, 6.07) is 43.4. The summed E-state index contributed by atoms with van der Waals surface area (Å²) in [5.41, 5.74) is 10.0. The summed E-state index contributed by atoms with van der Waals surface area (Å²) in [4.78, 5) is 9.47. The molecule has 1 aliphatic carbocycles. The molecule has 1 fully saturated rings. The molecule has 7 aromatic rings. The summed E-state index contributed by atoms with van der Waals surface area (Å²) in [5.74, 6) is 0.686. The molecule has 3 aromatic heterocycles. The number of pyridine rings is 2. The van der Waals surface area contributed by atoms with E-state index in [1.54, 1.807) is 0 Å². The molecule has 5 heteroatoms. The maximum Gasteiger partial charge on any atom is 0.0798 e. The third-order valence-electron chi connectivity index (χ3n) is 10.2. The van der Waals surface area contributed by atoms with Crippen molar-refractivity contribution >= 4 is 44.8 Å². The van der Waals surface area contributed by atoms with Gasteiger partial charge in [-0.25, -0.2) is 0 Å². The van der Waals surface area contributed by atoms with Gasteiger partial charge in [0.15, 0.2) is 0 Å². The average Bonchev–Trinajstić information content (AvgIpc) is 3.53. The molecule has 0 unspecified atom stereocenters. The zero-order valence-corrected chi connectivity index (χ0v) is 36.1. The number of nitrogens with zero attached hydrogens (tertiary/aromatic N) is 2. The van der Waals surface area contributed by atoms with Gasteiger partial charge in [0, 0.05) is 37.2 Å². The Morgan fingerprint density at radius 3 is 2.23 bits per heavy atom. The quantitative estimate of drug-likeness (QED) is 0.123. The first kappa shape index (κ1) is 39.0. The van der Waals surface area contributed by atoms with Crippen molar-refractivity contribution in [3.05, 3.63) is 139 Å². The zero-order valence-electron chi connectivity index (χ0n) is 31.9. The van der Waals surface area contributed by atoms with Crippen LogP contribution in [0.3, 0.4) is 0 Å². The van der Waals surface area contributed by atoms with E-state index in [1.807, 2.05) is 35.7 Å². The third kappa shape index (κ3) is 9.32. The minimum Gasteiger partial charge on any atom is -0.305 e. The topological polar surface area (TPSA) is 25.8 Å². The standard InChI is InChI=1S/C29H24NS.C19H26NSi.Ir/c1-3-8-20(9-4-1)22-14-15-24-25-12-7-13-26(29(25)31-28(24)19-22)27-18-23(16-17-30-27)21-10-5-2-6-11-21;1-19(2,3)13-16-12-17(15-10-8-7-9-11-15)20-14-18(16)21(4,5)6;/h1,3-4,7-9,12,14-19,21H,2,5-6,10-11H2;7-10,12,14H,13H2,1-6H3;/q2*-1;. The molecule has 0 bridgehead atoms. The fraction of sp³-hybridized carbons (Fsp3) is 0.292. The molecule has 3 heterocycles. The number of hydrogen-bond donors (Lipinski definition) is 0. The second kappa shape index (κ2) is 16.7. The summed E-state index contributed by atoms with van der Waals surface area (Å²) in [6.07, 6.45) is 11.9. The molecule has 8 rings (SSSR count). The molecule has 0 aliphatic heterocycles. The van der Waals surface area contributed by atoms with Gasteiger partial charge in [0.05, 0.1) is 8.07 Å². The van der Waals surface area contributed by atoms with Crippen LogP contribution in [0.5, 0.6) is 0 Å². The van der Waals surface area contributed by atoms with Gasteiger partial charge in [-0.3, -0.25) is 0 Å². The van der Waals surface area contributed by atoms with Crippen LogP contribution in [0.2, 0.25) is 19.6 Å². The van der Waals surface area contributed by atoms with Gasteiger partial charge < -0.3 is 9.97 Å². The monoisotopic (exact) mass is 907 g/mol. The summed E-state index contributed by atoms with van der Waals surface area (Å²) >= 11 is 1.86. The van der Waals surface area contributed by atoms with Crippen LogP contribution in [0.25, 0.3) is 53.8 Å². The van der Waals surface area contributed by atoms with Gasteiger partial charge in [-0.15, -0.1) is 59.7 Å². The second-order valence-corrected chi connectivity index (χ2v) is 22.7. The molecule has 1 radical (unpaired) electrons. The molecule has 4 aromatic carbocycles. The second-order valence-electron chi connectivity index (χ2n) is 16.6. The van der Waals surface area contributed by atoms with E-state index in [2.05, 4.69) is 144 Å². The van der Waals surface area contributed by atoms with Crippen LogP contribution in [-0.4, -0.2) is 18.0 Å². The fourth-order valence-corrected chi connectivity index (χ4v) is 10.4. The molecule has 0 spiro atoms. The maximum absolute atomic E-state index is 4.77. The Balaban J connectivity index is 0.000000193. The van der Waals surface area contributed by atoms with E-state index >= 15 is 0 Å². The molecule has 273 valence electrons. The summed E-state index contributed by atoms with van der Waals surface area (Å²) in [5, 5.41) is 4.11. The number of benzene rings is 4. The van der Waals surface area contributed by atoms with Gasteiger partial charge in [-0.1, -0.05) is 131 Å². The molecule has 53 heavy (non-hydrogen) atoms. The van der Waals surface area contributed by atoms with Gasteiger partial charge >= 0.3 is 0 Å². The fourth-order valence-electron chi connectivity index (χ4n) is 7.61. The van der Waals surface area contributed by atoms with Crippen molar-refractivity contribution in [1.82, 2.24) is 9.97 Å². The van der Waals surface area contributed by atoms with Crippen molar-refractivity contribution in [3.8, 4) is 33.6 Å². The van der Waals surface area contributed by atoms with Crippen LogP contribution in [0.15, 0.2) is 116 Å². The number of rotatable bonds is 6. The van der Waals surface area contributed by atoms with Gasteiger partial charge in [-0.05, 0) is 80.5 Å². The number of aromatic nitrogens is 2. The van der Waals surface area contributed by atoms with Crippen molar-refractivity contribution in [1.29, 1.82) is 0 Å². The van der Waals surface area contributed by atoms with E-state index in [0.717, 1.165) is 28.9 Å². The van der Waals surface area contributed by atoms with Gasteiger partial charge in [0.2, 0.25) is 0 Å². The number of hydrogen-bond acceptors (Lipinski definition) is 3. The van der Waals surface area contributed by atoms with Crippen LogP contribution >= 0.6 is 11.3 Å². The average molecular weight is 907 g/mol. The summed E-state index contributed by atoms with van der Waals surface area (Å²) in [6.45, 7) is 14.1. The number of thiophene rings is 1. The minimum atomic E-state index is -1.37.